The molecular weight excluding hydrogens is 210 g/mol. The Labute approximate surface area is 108 Å². The molecule has 0 amide bonds. The molecule has 3 atom stereocenters. The standard InChI is InChI=1S/C15H31NO/c1-6-10-17-14-11-12(15(3,4)7-2)8-9-13(14)16-5/h12-14,16H,6-11H2,1-5H3. The third-order valence-electron chi connectivity index (χ3n) is 4.71. The maximum absolute atomic E-state index is 6.04. The van der Waals surface area contributed by atoms with Crippen LogP contribution in [0.5, 0.6) is 0 Å². The normalized spacial score (nSPS) is 30.5. The predicted molar refractivity (Wildman–Crippen MR) is 74.3 cm³/mol. The second-order valence-corrected chi connectivity index (χ2v) is 6.16. The third-order valence-corrected chi connectivity index (χ3v) is 4.71. The molecule has 0 heterocycles. The molecule has 0 aromatic heterocycles. The molecule has 3 unspecified atom stereocenters. The van der Waals surface area contributed by atoms with Crippen molar-refractivity contribution in [2.75, 3.05) is 13.7 Å². The van der Waals surface area contributed by atoms with E-state index in [1.54, 1.807) is 0 Å². The highest BCUT2D eigenvalue weighted by Crippen LogP contribution is 2.41. The molecule has 17 heavy (non-hydrogen) atoms. The lowest BCUT2D eigenvalue weighted by molar-refractivity contribution is -0.0292. The number of nitrogens with one attached hydrogen (secondary N) is 1. The van der Waals surface area contributed by atoms with E-state index in [4.69, 9.17) is 4.74 Å². The average Bonchev–Trinajstić information content (AvgIpc) is 2.35. The van der Waals surface area contributed by atoms with E-state index < -0.39 is 0 Å². The van der Waals surface area contributed by atoms with E-state index in [-0.39, 0.29) is 0 Å². The average molecular weight is 241 g/mol. The van der Waals surface area contributed by atoms with Crippen molar-refractivity contribution >= 4 is 0 Å². The van der Waals surface area contributed by atoms with Crippen molar-refractivity contribution in [3.63, 3.8) is 0 Å². The van der Waals surface area contributed by atoms with Crippen molar-refractivity contribution in [2.45, 2.75) is 71.9 Å². The van der Waals surface area contributed by atoms with Gasteiger partial charge < -0.3 is 10.1 Å². The molecule has 102 valence electrons. The van der Waals surface area contributed by atoms with Crippen LogP contribution < -0.4 is 5.32 Å². The van der Waals surface area contributed by atoms with Gasteiger partial charge in [-0.3, -0.25) is 0 Å². The SMILES string of the molecule is CCCOC1CC(C(C)(C)CC)CCC1NC. The highest BCUT2D eigenvalue weighted by Gasteiger charge is 2.37. The summed E-state index contributed by atoms with van der Waals surface area (Å²) in [7, 11) is 2.07. The van der Waals surface area contributed by atoms with Crippen LogP contribution in [0, 0.1) is 11.3 Å². The van der Waals surface area contributed by atoms with Gasteiger partial charge in [-0.15, -0.1) is 0 Å². The Bertz CT molecular complexity index is 215. The highest BCUT2D eigenvalue weighted by molar-refractivity contribution is 4.90. The van der Waals surface area contributed by atoms with E-state index in [1.807, 2.05) is 0 Å². The number of hydrogen-bond acceptors (Lipinski definition) is 2. The maximum Gasteiger partial charge on any atom is 0.0730 e. The Morgan fingerprint density at radius 2 is 1.94 bits per heavy atom. The maximum atomic E-state index is 6.04. The lowest BCUT2D eigenvalue weighted by atomic mass is 9.68. The van der Waals surface area contributed by atoms with Crippen LogP contribution in [0.15, 0.2) is 0 Å². The summed E-state index contributed by atoms with van der Waals surface area (Å²) in [4.78, 5) is 0. The van der Waals surface area contributed by atoms with Gasteiger partial charge in [0.15, 0.2) is 0 Å². The van der Waals surface area contributed by atoms with Gasteiger partial charge in [0, 0.05) is 12.6 Å². The summed E-state index contributed by atoms with van der Waals surface area (Å²) in [6.45, 7) is 10.2. The van der Waals surface area contributed by atoms with Gasteiger partial charge in [-0.1, -0.05) is 34.1 Å². The van der Waals surface area contributed by atoms with Crippen molar-refractivity contribution in [3.05, 3.63) is 0 Å². The second-order valence-electron chi connectivity index (χ2n) is 6.16. The molecule has 0 aromatic carbocycles. The van der Waals surface area contributed by atoms with E-state index in [0.29, 0.717) is 17.6 Å². The predicted octanol–water partition coefficient (Wildman–Crippen LogP) is 3.61. The van der Waals surface area contributed by atoms with Crippen molar-refractivity contribution in [3.8, 4) is 0 Å². The van der Waals surface area contributed by atoms with Crippen molar-refractivity contribution in [1.82, 2.24) is 5.32 Å². The van der Waals surface area contributed by atoms with Gasteiger partial charge in [-0.25, -0.2) is 0 Å². The molecule has 2 nitrogen and oxygen atoms in total. The Morgan fingerprint density at radius 3 is 2.47 bits per heavy atom. The smallest absolute Gasteiger partial charge is 0.0730 e. The molecule has 1 N–H and O–H groups in total. The fourth-order valence-corrected chi connectivity index (χ4v) is 2.91. The first-order valence-corrected chi connectivity index (χ1v) is 7.34. The van der Waals surface area contributed by atoms with Gasteiger partial charge in [-0.05, 0) is 44.1 Å². The van der Waals surface area contributed by atoms with Crippen molar-refractivity contribution in [2.24, 2.45) is 11.3 Å². The number of hydrogen-bond donors (Lipinski definition) is 1. The molecule has 0 radical (unpaired) electrons. The Morgan fingerprint density at radius 1 is 1.24 bits per heavy atom. The molecule has 0 aromatic rings. The fraction of sp³-hybridized carbons (Fsp3) is 1.00. The second kappa shape index (κ2) is 6.75. The van der Waals surface area contributed by atoms with Crippen LogP contribution in [0.3, 0.4) is 0 Å². The number of ether oxygens (including phenoxy) is 1. The molecule has 2 heteroatoms. The Balaban J connectivity index is 2.58. The zero-order chi connectivity index (χ0) is 12.9. The molecule has 1 aliphatic carbocycles. The van der Waals surface area contributed by atoms with E-state index >= 15 is 0 Å². The number of rotatable bonds is 6. The molecule has 1 saturated carbocycles. The molecule has 0 spiro atoms. The first-order valence-electron chi connectivity index (χ1n) is 7.34. The molecule has 1 aliphatic rings. The van der Waals surface area contributed by atoms with Gasteiger partial charge in [0.25, 0.3) is 0 Å². The topological polar surface area (TPSA) is 21.3 Å². The van der Waals surface area contributed by atoms with Crippen LogP contribution in [-0.2, 0) is 4.74 Å². The molecule has 0 aliphatic heterocycles. The summed E-state index contributed by atoms with van der Waals surface area (Å²) >= 11 is 0. The molecule has 0 bridgehead atoms. The van der Waals surface area contributed by atoms with Gasteiger partial charge >= 0.3 is 0 Å². The van der Waals surface area contributed by atoms with Crippen molar-refractivity contribution < 1.29 is 4.74 Å². The molecule has 1 fully saturated rings. The zero-order valence-corrected chi connectivity index (χ0v) is 12.4. The summed E-state index contributed by atoms with van der Waals surface area (Å²) in [5.74, 6) is 0.818. The van der Waals surface area contributed by atoms with E-state index in [1.165, 1.54) is 25.7 Å². The quantitative estimate of drug-likeness (QED) is 0.767. The lowest BCUT2D eigenvalue weighted by Crippen LogP contribution is -2.46. The lowest BCUT2D eigenvalue weighted by Gasteiger charge is -2.42. The Kier molecular flexibility index (Phi) is 5.94. The van der Waals surface area contributed by atoms with Gasteiger partial charge in [0.2, 0.25) is 0 Å². The van der Waals surface area contributed by atoms with Crippen LogP contribution in [0.4, 0.5) is 0 Å². The first kappa shape index (κ1) is 15.0. The summed E-state index contributed by atoms with van der Waals surface area (Å²) in [5, 5.41) is 3.43. The van der Waals surface area contributed by atoms with Gasteiger partial charge in [0.1, 0.15) is 0 Å². The van der Waals surface area contributed by atoms with Crippen LogP contribution in [0.25, 0.3) is 0 Å². The minimum Gasteiger partial charge on any atom is -0.377 e. The molecule has 0 saturated heterocycles. The monoisotopic (exact) mass is 241 g/mol. The van der Waals surface area contributed by atoms with Gasteiger partial charge in [-0.2, -0.15) is 0 Å². The Hall–Kier alpha value is -0.0800. The van der Waals surface area contributed by atoms with E-state index in [0.717, 1.165) is 18.9 Å². The number of likely N-dealkylation sites (N-methyl/N-ethyl adjacent to an activating group) is 1. The summed E-state index contributed by atoms with van der Waals surface area (Å²) in [6, 6.07) is 0.561. The summed E-state index contributed by atoms with van der Waals surface area (Å²) in [6.07, 6.45) is 6.64. The van der Waals surface area contributed by atoms with Crippen LogP contribution in [0.2, 0.25) is 0 Å². The highest BCUT2D eigenvalue weighted by atomic mass is 16.5. The minimum atomic E-state index is 0.421. The molecular formula is C15H31NO. The van der Waals surface area contributed by atoms with E-state index in [2.05, 4.69) is 40.1 Å². The largest absolute Gasteiger partial charge is 0.377 e. The zero-order valence-electron chi connectivity index (χ0n) is 12.4. The van der Waals surface area contributed by atoms with E-state index in [9.17, 15) is 0 Å². The van der Waals surface area contributed by atoms with Crippen LogP contribution >= 0.6 is 0 Å². The minimum absolute atomic E-state index is 0.421. The summed E-state index contributed by atoms with van der Waals surface area (Å²) in [5.41, 5.74) is 0.465. The first-order chi connectivity index (χ1) is 8.05. The fourth-order valence-electron chi connectivity index (χ4n) is 2.91. The van der Waals surface area contributed by atoms with Crippen LogP contribution in [-0.4, -0.2) is 25.8 Å². The van der Waals surface area contributed by atoms with Gasteiger partial charge in [0.05, 0.1) is 6.10 Å². The molecule has 1 rings (SSSR count). The van der Waals surface area contributed by atoms with Crippen molar-refractivity contribution in [1.29, 1.82) is 0 Å². The third kappa shape index (κ3) is 3.96. The van der Waals surface area contributed by atoms with Crippen LogP contribution in [0.1, 0.15) is 59.8 Å². The summed E-state index contributed by atoms with van der Waals surface area (Å²) < 4.78 is 6.04.